The van der Waals surface area contributed by atoms with Crippen LogP contribution in [-0.2, 0) is 0 Å². The summed E-state index contributed by atoms with van der Waals surface area (Å²) in [4.78, 5) is 3.20. The van der Waals surface area contributed by atoms with Gasteiger partial charge in [0.15, 0.2) is 0 Å². The summed E-state index contributed by atoms with van der Waals surface area (Å²) >= 11 is 6.21. The molecule has 0 spiro atoms. The third kappa shape index (κ3) is 1.66. The van der Waals surface area contributed by atoms with Gasteiger partial charge in [0.05, 0.1) is 11.6 Å². The molecule has 0 atom stereocenters. The summed E-state index contributed by atoms with van der Waals surface area (Å²) in [7, 11) is 0. The SMILES string of the molecule is N#Cc1ccc2[nH]cc(-c3ccccc3Cl)c2c1. The Morgan fingerprint density at radius 3 is 2.67 bits per heavy atom. The molecule has 3 rings (SSSR count). The third-order valence-corrected chi connectivity index (χ3v) is 3.30. The van der Waals surface area contributed by atoms with E-state index in [2.05, 4.69) is 11.1 Å². The van der Waals surface area contributed by atoms with Crippen LogP contribution >= 0.6 is 11.6 Å². The van der Waals surface area contributed by atoms with Gasteiger partial charge in [0.1, 0.15) is 0 Å². The Bertz CT molecular complexity index is 766. The number of nitriles is 1. The van der Waals surface area contributed by atoms with Crippen LogP contribution < -0.4 is 0 Å². The molecule has 0 aliphatic rings. The van der Waals surface area contributed by atoms with Crippen LogP contribution in [-0.4, -0.2) is 4.98 Å². The van der Waals surface area contributed by atoms with Crippen molar-refractivity contribution in [3.05, 3.63) is 59.2 Å². The second kappa shape index (κ2) is 4.21. The molecule has 0 saturated carbocycles. The van der Waals surface area contributed by atoms with Gasteiger partial charge >= 0.3 is 0 Å². The molecule has 1 N–H and O–H groups in total. The lowest BCUT2D eigenvalue weighted by Crippen LogP contribution is -1.78. The summed E-state index contributed by atoms with van der Waals surface area (Å²) in [5, 5.41) is 10.7. The highest BCUT2D eigenvalue weighted by Gasteiger charge is 2.09. The van der Waals surface area contributed by atoms with Crippen LogP contribution in [0.15, 0.2) is 48.7 Å². The Morgan fingerprint density at radius 1 is 1.06 bits per heavy atom. The molecular weight excluding hydrogens is 244 g/mol. The molecule has 1 aromatic heterocycles. The first-order valence-corrected chi connectivity index (χ1v) is 5.93. The lowest BCUT2D eigenvalue weighted by molar-refractivity contribution is 1.46. The van der Waals surface area contributed by atoms with Gasteiger partial charge < -0.3 is 4.98 Å². The normalized spacial score (nSPS) is 10.4. The van der Waals surface area contributed by atoms with Gasteiger partial charge in [-0.05, 0) is 24.3 Å². The number of hydrogen-bond donors (Lipinski definition) is 1. The fourth-order valence-electron chi connectivity index (χ4n) is 2.09. The molecule has 0 saturated heterocycles. The van der Waals surface area contributed by atoms with E-state index in [1.807, 2.05) is 42.6 Å². The van der Waals surface area contributed by atoms with Crippen molar-refractivity contribution in [1.29, 1.82) is 5.26 Å². The van der Waals surface area contributed by atoms with Gasteiger partial charge in [-0.15, -0.1) is 0 Å². The largest absolute Gasteiger partial charge is 0.361 e. The van der Waals surface area contributed by atoms with Gasteiger partial charge in [0, 0.05) is 33.2 Å². The number of nitrogens with zero attached hydrogens (tertiary/aromatic N) is 1. The summed E-state index contributed by atoms with van der Waals surface area (Å²) in [5.41, 5.74) is 3.65. The standard InChI is InChI=1S/C15H9ClN2/c16-14-4-2-1-3-11(14)13-9-18-15-6-5-10(8-17)7-12(13)15/h1-7,9,18H. The van der Waals surface area contributed by atoms with Crippen LogP contribution in [0.5, 0.6) is 0 Å². The van der Waals surface area contributed by atoms with E-state index in [9.17, 15) is 0 Å². The molecule has 86 valence electrons. The molecular formula is C15H9ClN2. The first kappa shape index (κ1) is 10.9. The molecule has 0 unspecified atom stereocenters. The van der Waals surface area contributed by atoms with Crippen molar-refractivity contribution in [3.8, 4) is 17.2 Å². The van der Waals surface area contributed by atoms with Crippen LogP contribution in [0.25, 0.3) is 22.0 Å². The van der Waals surface area contributed by atoms with Gasteiger partial charge in [-0.2, -0.15) is 5.26 Å². The first-order valence-electron chi connectivity index (χ1n) is 5.56. The van der Waals surface area contributed by atoms with E-state index >= 15 is 0 Å². The molecule has 0 aliphatic carbocycles. The molecule has 2 nitrogen and oxygen atoms in total. The number of nitrogens with one attached hydrogen (secondary N) is 1. The highest BCUT2D eigenvalue weighted by molar-refractivity contribution is 6.33. The smallest absolute Gasteiger partial charge is 0.0991 e. The van der Waals surface area contributed by atoms with Crippen LogP contribution in [0.2, 0.25) is 5.02 Å². The minimum absolute atomic E-state index is 0.649. The summed E-state index contributed by atoms with van der Waals surface area (Å²) < 4.78 is 0. The minimum Gasteiger partial charge on any atom is -0.361 e. The zero-order chi connectivity index (χ0) is 12.5. The van der Waals surface area contributed by atoms with Crippen LogP contribution in [0, 0.1) is 11.3 Å². The Morgan fingerprint density at radius 2 is 1.89 bits per heavy atom. The fourth-order valence-corrected chi connectivity index (χ4v) is 2.33. The zero-order valence-corrected chi connectivity index (χ0v) is 10.2. The molecule has 0 fully saturated rings. The maximum Gasteiger partial charge on any atom is 0.0991 e. The Balaban J connectivity index is 2.31. The van der Waals surface area contributed by atoms with Crippen molar-refractivity contribution in [2.24, 2.45) is 0 Å². The van der Waals surface area contributed by atoms with Crippen molar-refractivity contribution in [2.45, 2.75) is 0 Å². The number of aromatic amines is 1. The second-order valence-electron chi connectivity index (χ2n) is 4.05. The van der Waals surface area contributed by atoms with Gasteiger partial charge in [-0.25, -0.2) is 0 Å². The lowest BCUT2D eigenvalue weighted by atomic mass is 10.0. The van der Waals surface area contributed by atoms with Crippen molar-refractivity contribution in [2.75, 3.05) is 0 Å². The molecule has 2 aromatic carbocycles. The average Bonchev–Trinajstić information content (AvgIpc) is 2.82. The topological polar surface area (TPSA) is 39.6 Å². The molecule has 18 heavy (non-hydrogen) atoms. The number of hydrogen-bond acceptors (Lipinski definition) is 1. The number of aromatic nitrogens is 1. The van der Waals surface area contributed by atoms with Crippen molar-refractivity contribution in [1.82, 2.24) is 4.98 Å². The summed E-state index contributed by atoms with van der Waals surface area (Å²) in [5.74, 6) is 0. The van der Waals surface area contributed by atoms with E-state index in [1.165, 1.54) is 0 Å². The van der Waals surface area contributed by atoms with Crippen LogP contribution in [0.3, 0.4) is 0 Å². The Kier molecular flexibility index (Phi) is 2.55. The van der Waals surface area contributed by atoms with E-state index in [1.54, 1.807) is 6.07 Å². The average molecular weight is 253 g/mol. The molecule has 0 aliphatic heterocycles. The van der Waals surface area contributed by atoms with Crippen molar-refractivity contribution in [3.63, 3.8) is 0 Å². The second-order valence-corrected chi connectivity index (χ2v) is 4.46. The highest BCUT2D eigenvalue weighted by Crippen LogP contribution is 2.33. The van der Waals surface area contributed by atoms with Crippen LogP contribution in [0.1, 0.15) is 5.56 Å². The first-order chi connectivity index (χ1) is 8.79. The summed E-state index contributed by atoms with van der Waals surface area (Å²) in [6, 6.07) is 15.4. The van der Waals surface area contributed by atoms with Gasteiger partial charge in [-0.1, -0.05) is 29.8 Å². The Labute approximate surface area is 109 Å². The lowest BCUT2D eigenvalue weighted by Gasteiger charge is -2.02. The Hall–Kier alpha value is -2.24. The molecule has 3 heteroatoms. The van der Waals surface area contributed by atoms with Gasteiger partial charge in [-0.3, -0.25) is 0 Å². The van der Waals surface area contributed by atoms with E-state index < -0.39 is 0 Å². The zero-order valence-electron chi connectivity index (χ0n) is 9.44. The van der Waals surface area contributed by atoms with E-state index in [-0.39, 0.29) is 0 Å². The number of halogens is 1. The molecule has 1 heterocycles. The maximum atomic E-state index is 8.96. The predicted octanol–water partition coefficient (Wildman–Crippen LogP) is 4.36. The molecule has 3 aromatic rings. The molecule has 0 radical (unpaired) electrons. The van der Waals surface area contributed by atoms with E-state index in [0.717, 1.165) is 22.0 Å². The minimum atomic E-state index is 0.649. The van der Waals surface area contributed by atoms with Crippen molar-refractivity contribution < 1.29 is 0 Å². The monoisotopic (exact) mass is 252 g/mol. The number of fused-ring (bicyclic) bond motifs is 1. The summed E-state index contributed by atoms with van der Waals surface area (Å²) in [6.07, 6.45) is 1.92. The number of H-pyrrole nitrogens is 1. The fraction of sp³-hybridized carbons (Fsp3) is 0. The number of benzene rings is 2. The predicted molar refractivity (Wildman–Crippen MR) is 73.5 cm³/mol. The third-order valence-electron chi connectivity index (χ3n) is 2.97. The van der Waals surface area contributed by atoms with Crippen LogP contribution in [0.4, 0.5) is 0 Å². The van der Waals surface area contributed by atoms with E-state index in [4.69, 9.17) is 16.9 Å². The number of rotatable bonds is 1. The summed E-state index contributed by atoms with van der Waals surface area (Å²) in [6.45, 7) is 0. The molecule has 0 amide bonds. The highest BCUT2D eigenvalue weighted by atomic mass is 35.5. The quantitative estimate of drug-likeness (QED) is 0.687. The molecule has 0 bridgehead atoms. The van der Waals surface area contributed by atoms with Crippen molar-refractivity contribution >= 4 is 22.5 Å². The van der Waals surface area contributed by atoms with Gasteiger partial charge in [0.25, 0.3) is 0 Å². The van der Waals surface area contributed by atoms with Gasteiger partial charge in [0.2, 0.25) is 0 Å². The maximum absolute atomic E-state index is 8.96. The van der Waals surface area contributed by atoms with E-state index in [0.29, 0.717) is 10.6 Å².